The lowest BCUT2D eigenvalue weighted by Gasteiger charge is -2.11. The Morgan fingerprint density at radius 1 is 1.22 bits per heavy atom. The molecule has 0 radical (unpaired) electrons. The summed E-state index contributed by atoms with van der Waals surface area (Å²) in [5, 5.41) is 10.3. The normalized spacial score (nSPS) is 12.4. The summed E-state index contributed by atoms with van der Waals surface area (Å²) in [4.78, 5) is 2.28. The summed E-state index contributed by atoms with van der Waals surface area (Å²) in [6.45, 7) is 4.71. The molecule has 0 bridgehead atoms. The van der Waals surface area contributed by atoms with Gasteiger partial charge in [-0.05, 0) is 43.2 Å². The molecule has 2 aromatic rings. The summed E-state index contributed by atoms with van der Waals surface area (Å²) in [6, 6.07) is 11.7. The monoisotopic (exact) mass is 262 g/mol. The molecule has 0 amide bonds. The minimum atomic E-state index is -0.560. The molecule has 0 aliphatic rings. The van der Waals surface area contributed by atoms with Gasteiger partial charge in [0.1, 0.15) is 11.9 Å². The Morgan fingerprint density at radius 3 is 2.72 bits per heavy atom. The van der Waals surface area contributed by atoms with Crippen molar-refractivity contribution in [2.24, 2.45) is 0 Å². The zero-order valence-electron chi connectivity index (χ0n) is 10.7. The van der Waals surface area contributed by atoms with Gasteiger partial charge in [-0.25, -0.2) is 0 Å². The van der Waals surface area contributed by atoms with Crippen LogP contribution in [0.1, 0.15) is 35.3 Å². The standard InChI is InChI=1S/C15H18O2S/c1-3-13-8-9-14(18-13)15(16)11-6-5-7-12(10-11)17-4-2/h5-10,15-16H,3-4H2,1-2H3. The van der Waals surface area contributed by atoms with Gasteiger partial charge in [0.05, 0.1) is 6.61 Å². The lowest BCUT2D eigenvalue weighted by atomic mass is 10.1. The molecule has 1 atom stereocenters. The van der Waals surface area contributed by atoms with Crippen molar-refractivity contribution in [3.8, 4) is 5.75 Å². The van der Waals surface area contributed by atoms with Crippen LogP contribution in [0.15, 0.2) is 36.4 Å². The van der Waals surface area contributed by atoms with Gasteiger partial charge in [0.2, 0.25) is 0 Å². The number of hydrogen-bond acceptors (Lipinski definition) is 3. The average molecular weight is 262 g/mol. The molecule has 18 heavy (non-hydrogen) atoms. The van der Waals surface area contributed by atoms with Crippen molar-refractivity contribution in [1.82, 2.24) is 0 Å². The molecule has 0 saturated carbocycles. The van der Waals surface area contributed by atoms with Crippen molar-refractivity contribution >= 4 is 11.3 Å². The first-order valence-electron chi connectivity index (χ1n) is 6.24. The van der Waals surface area contributed by atoms with Crippen molar-refractivity contribution < 1.29 is 9.84 Å². The topological polar surface area (TPSA) is 29.5 Å². The summed E-state index contributed by atoms with van der Waals surface area (Å²) in [5.41, 5.74) is 0.880. The molecule has 1 aromatic heterocycles. The van der Waals surface area contributed by atoms with E-state index in [1.165, 1.54) is 4.88 Å². The predicted molar refractivity (Wildman–Crippen MR) is 75.4 cm³/mol. The SMILES string of the molecule is CCOc1cccc(C(O)c2ccc(CC)s2)c1. The van der Waals surface area contributed by atoms with Gasteiger partial charge >= 0.3 is 0 Å². The van der Waals surface area contributed by atoms with Crippen molar-refractivity contribution in [3.63, 3.8) is 0 Å². The number of aliphatic hydroxyl groups excluding tert-OH is 1. The minimum Gasteiger partial charge on any atom is -0.494 e. The molecule has 0 aliphatic carbocycles. The molecule has 1 heterocycles. The van der Waals surface area contributed by atoms with Gasteiger partial charge in [-0.3, -0.25) is 0 Å². The number of benzene rings is 1. The average Bonchev–Trinajstić information content (AvgIpc) is 2.87. The van der Waals surface area contributed by atoms with Crippen LogP contribution in [0.2, 0.25) is 0 Å². The number of aliphatic hydroxyl groups is 1. The van der Waals surface area contributed by atoms with Gasteiger partial charge < -0.3 is 9.84 Å². The second-order valence-electron chi connectivity index (χ2n) is 4.07. The smallest absolute Gasteiger partial charge is 0.119 e. The second-order valence-corrected chi connectivity index (χ2v) is 5.27. The molecule has 3 heteroatoms. The Kier molecular flexibility index (Phi) is 4.39. The van der Waals surface area contributed by atoms with Crippen LogP contribution >= 0.6 is 11.3 Å². The van der Waals surface area contributed by atoms with Gasteiger partial charge in [0, 0.05) is 9.75 Å². The number of rotatable bonds is 5. The molecule has 1 aromatic carbocycles. The summed E-state index contributed by atoms with van der Waals surface area (Å²) in [6.07, 6.45) is 0.451. The Morgan fingerprint density at radius 2 is 2.06 bits per heavy atom. The molecule has 1 unspecified atom stereocenters. The maximum Gasteiger partial charge on any atom is 0.119 e. The van der Waals surface area contributed by atoms with E-state index in [2.05, 4.69) is 13.0 Å². The van der Waals surface area contributed by atoms with Crippen molar-refractivity contribution in [3.05, 3.63) is 51.7 Å². The van der Waals surface area contributed by atoms with Gasteiger partial charge in [-0.2, -0.15) is 0 Å². The van der Waals surface area contributed by atoms with Gasteiger partial charge in [0.25, 0.3) is 0 Å². The van der Waals surface area contributed by atoms with Gasteiger partial charge in [-0.1, -0.05) is 19.1 Å². The second kappa shape index (κ2) is 6.03. The van der Waals surface area contributed by atoms with Crippen molar-refractivity contribution in [2.75, 3.05) is 6.61 Å². The molecular weight excluding hydrogens is 244 g/mol. The van der Waals surface area contributed by atoms with E-state index in [0.29, 0.717) is 6.61 Å². The minimum absolute atomic E-state index is 0.560. The van der Waals surface area contributed by atoms with Crippen LogP contribution in [0.4, 0.5) is 0 Å². The van der Waals surface area contributed by atoms with E-state index in [0.717, 1.165) is 22.6 Å². The van der Waals surface area contributed by atoms with E-state index >= 15 is 0 Å². The fourth-order valence-corrected chi connectivity index (χ4v) is 2.80. The van der Waals surface area contributed by atoms with Crippen LogP contribution < -0.4 is 4.74 Å². The number of aryl methyl sites for hydroxylation is 1. The lowest BCUT2D eigenvalue weighted by Crippen LogP contribution is -1.98. The maximum absolute atomic E-state index is 10.3. The van der Waals surface area contributed by atoms with Crippen molar-refractivity contribution in [2.45, 2.75) is 26.4 Å². The molecule has 0 fully saturated rings. The zero-order valence-corrected chi connectivity index (χ0v) is 11.5. The molecule has 0 saturated heterocycles. The Labute approximate surface area is 112 Å². The largest absolute Gasteiger partial charge is 0.494 e. The first kappa shape index (κ1) is 13.1. The molecule has 1 N–H and O–H groups in total. The maximum atomic E-state index is 10.3. The van der Waals surface area contributed by atoms with Gasteiger partial charge in [-0.15, -0.1) is 11.3 Å². The Bertz CT molecular complexity index is 505. The van der Waals surface area contributed by atoms with Gasteiger partial charge in [0.15, 0.2) is 0 Å². The number of hydrogen-bond donors (Lipinski definition) is 1. The van der Waals surface area contributed by atoms with E-state index < -0.39 is 6.10 Å². The highest BCUT2D eigenvalue weighted by Crippen LogP contribution is 2.30. The molecule has 96 valence electrons. The summed E-state index contributed by atoms with van der Waals surface area (Å²) in [7, 11) is 0. The summed E-state index contributed by atoms with van der Waals surface area (Å²) >= 11 is 1.66. The fourth-order valence-electron chi connectivity index (χ4n) is 1.84. The highest BCUT2D eigenvalue weighted by atomic mass is 32.1. The highest BCUT2D eigenvalue weighted by molar-refractivity contribution is 7.12. The first-order chi connectivity index (χ1) is 8.74. The number of thiophene rings is 1. The van der Waals surface area contributed by atoms with Crippen LogP contribution in [-0.4, -0.2) is 11.7 Å². The van der Waals surface area contributed by atoms with Crippen LogP contribution in [-0.2, 0) is 6.42 Å². The van der Waals surface area contributed by atoms with Crippen LogP contribution in [0.5, 0.6) is 5.75 Å². The van der Waals surface area contributed by atoms with E-state index in [1.54, 1.807) is 11.3 Å². The van der Waals surface area contributed by atoms with E-state index in [-0.39, 0.29) is 0 Å². The summed E-state index contributed by atoms with van der Waals surface area (Å²) in [5.74, 6) is 0.807. The number of ether oxygens (including phenoxy) is 1. The van der Waals surface area contributed by atoms with E-state index in [1.807, 2.05) is 37.3 Å². The lowest BCUT2D eigenvalue weighted by molar-refractivity contribution is 0.223. The third-order valence-electron chi connectivity index (χ3n) is 2.79. The third kappa shape index (κ3) is 2.92. The highest BCUT2D eigenvalue weighted by Gasteiger charge is 2.13. The fraction of sp³-hybridized carbons (Fsp3) is 0.333. The molecule has 0 aliphatic heterocycles. The Balaban J connectivity index is 2.21. The third-order valence-corrected chi connectivity index (χ3v) is 4.07. The Hall–Kier alpha value is -1.32. The van der Waals surface area contributed by atoms with Crippen LogP contribution in [0, 0.1) is 0 Å². The summed E-state index contributed by atoms with van der Waals surface area (Å²) < 4.78 is 5.45. The molecule has 0 spiro atoms. The molecule has 2 nitrogen and oxygen atoms in total. The predicted octanol–water partition coefficient (Wildman–Crippen LogP) is 3.79. The first-order valence-corrected chi connectivity index (χ1v) is 7.05. The molecular formula is C15H18O2S. The quantitative estimate of drug-likeness (QED) is 0.888. The van der Waals surface area contributed by atoms with Crippen LogP contribution in [0.3, 0.4) is 0 Å². The zero-order chi connectivity index (χ0) is 13.0. The van der Waals surface area contributed by atoms with E-state index in [4.69, 9.17) is 4.74 Å². The van der Waals surface area contributed by atoms with E-state index in [9.17, 15) is 5.11 Å². The van der Waals surface area contributed by atoms with Crippen molar-refractivity contribution in [1.29, 1.82) is 0 Å². The molecule has 2 rings (SSSR count). The van der Waals surface area contributed by atoms with Crippen LogP contribution in [0.25, 0.3) is 0 Å².